The van der Waals surface area contributed by atoms with E-state index in [0.717, 1.165) is 0 Å². The van der Waals surface area contributed by atoms with Crippen LogP contribution in [0.25, 0.3) is 0 Å². The summed E-state index contributed by atoms with van der Waals surface area (Å²) in [4.78, 5) is 12.7. The van der Waals surface area contributed by atoms with Gasteiger partial charge in [-0.15, -0.1) is 0 Å². The van der Waals surface area contributed by atoms with Crippen LogP contribution in [0.1, 0.15) is 23.0 Å². The van der Waals surface area contributed by atoms with Gasteiger partial charge in [-0.25, -0.2) is 8.78 Å². The molecule has 0 aliphatic rings. The van der Waals surface area contributed by atoms with E-state index < -0.39 is 31.0 Å². The van der Waals surface area contributed by atoms with E-state index in [1.807, 2.05) is 0 Å². The first kappa shape index (κ1) is 17.9. The molecule has 0 spiro atoms. The molecule has 128 valence electrons. The molecule has 0 bridgehead atoms. The number of methoxy groups -OCH3 is 2. The summed E-state index contributed by atoms with van der Waals surface area (Å²) in [6.45, 7) is -1.79. The van der Waals surface area contributed by atoms with E-state index in [1.54, 1.807) is 48.5 Å². The number of ketones is 1. The number of hydrogen-bond donors (Lipinski definition) is 0. The second-order valence-corrected chi connectivity index (χ2v) is 5.37. The Kier molecular flexibility index (Phi) is 6.29. The highest BCUT2D eigenvalue weighted by molar-refractivity contribution is 5.92. The van der Waals surface area contributed by atoms with Gasteiger partial charge in [0.05, 0.1) is 26.1 Å². The van der Waals surface area contributed by atoms with Crippen molar-refractivity contribution in [1.82, 2.24) is 0 Å². The van der Waals surface area contributed by atoms with Crippen LogP contribution in [-0.2, 0) is 4.79 Å². The highest BCUT2D eigenvalue weighted by atomic mass is 19.1. The zero-order valence-electron chi connectivity index (χ0n) is 13.7. The van der Waals surface area contributed by atoms with E-state index in [0.29, 0.717) is 22.6 Å². The smallest absolute Gasteiger partial charge is 0.153 e. The lowest BCUT2D eigenvalue weighted by atomic mass is 9.85. The second kappa shape index (κ2) is 8.43. The summed E-state index contributed by atoms with van der Waals surface area (Å²) in [6.07, 6.45) is 0. The number of alkyl halides is 2. The molecule has 0 N–H and O–H groups in total. The van der Waals surface area contributed by atoms with E-state index in [9.17, 15) is 13.6 Å². The number of Topliss-reactive ketones (excluding diaryl/α,β-unsaturated/α-hetero) is 1. The number of hydrogen-bond acceptors (Lipinski definition) is 3. The zero-order valence-corrected chi connectivity index (χ0v) is 13.7. The van der Waals surface area contributed by atoms with Gasteiger partial charge in [0, 0.05) is 0 Å². The van der Waals surface area contributed by atoms with Crippen LogP contribution >= 0.6 is 0 Å². The van der Waals surface area contributed by atoms with E-state index in [-0.39, 0.29) is 0 Å². The van der Waals surface area contributed by atoms with Crippen LogP contribution in [0.2, 0.25) is 0 Å². The molecule has 2 atom stereocenters. The van der Waals surface area contributed by atoms with Crippen LogP contribution in [0, 0.1) is 0 Å². The molecule has 2 rings (SSSR count). The van der Waals surface area contributed by atoms with Gasteiger partial charge < -0.3 is 9.47 Å². The highest BCUT2D eigenvalue weighted by Crippen LogP contribution is 2.30. The van der Waals surface area contributed by atoms with Gasteiger partial charge in [-0.2, -0.15) is 0 Å². The monoisotopic (exact) mass is 334 g/mol. The molecule has 0 aromatic heterocycles. The summed E-state index contributed by atoms with van der Waals surface area (Å²) >= 11 is 0. The lowest BCUT2D eigenvalue weighted by molar-refractivity contribution is -0.122. The molecule has 0 saturated carbocycles. The molecule has 24 heavy (non-hydrogen) atoms. The fourth-order valence-electron chi connectivity index (χ4n) is 2.62. The quantitative estimate of drug-likeness (QED) is 0.730. The third-order valence-electron chi connectivity index (χ3n) is 3.99. The van der Waals surface area contributed by atoms with Crippen LogP contribution in [-0.4, -0.2) is 33.4 Å². The lowest BCUT2D eigenvalue weighted by Gasteiger charge is -2.20. The predicted molar refractivity (Wildman–Crippen MR) is 88.4 cm³/mol. The molecule has 0 amide bonds. The third-order valence-corrected chi connectivity index (χ3v) is 3.99. The Hall–Kier alpha value is -2.43. The number of ether oxygens (including phenoxy) is 2. The number of carbonyl (C=O) groups is 1. The molecule has 0 heterocycles. The Bertz CT molecular complexity index is 630. The van der Waals surface area contributed by atoms with Crippen molar-refractivity contribution in [2.75, 3.05) is 27.6 Å². The molecule has 0 aliphatic carbocycles. The van der Waals surface area contributed by atoms with Crippen molar-refractivity contribution in [1.29, 1.82) is 0 Å². The molecule has 2 unspecified atom stereocenters. The van der Waals surface area contributed by atoms with Crippen molar-refractivity contribution in [2.45, 2.75) is 11.8 Å². The van der Waals surface area contributed by atoms with Crippen molar-refractivity contribution >= 4 is 5.78 Å². The Morgan fingerprint density at radius 3 is 1.62 bits per heavy atom. The van der Waals surface area contributed by atoms with Crippen LogP contribution in [0.4, 0.5) is 8.78 Å². The maximum absolute atomic E-state index is 13.6. The summed E-state index contributed by atoms with van der Waals surface area (Å²) in [5, 5.41) is 0. The first-order valence-electron chi connectivity index (χ1n) is 7.58. The standard InChI is InChI=1S/C19H20F2O3/c1-23-15-7-3-5-13(9-15)17(11-20)19(22)18(12-21)14-6-4-8-16(10-14)24-2/h3-10,17-18H,11-12H2,1-2H3. The summed E-state index contributed by atoms with van der Waals surface area (Å²) < 4.78 is 37.4. The minimum absolute atomic E-state index is 0.475. The molecular formula is C19H20F2O3. The first-order chi connectivity index (χ1) is 11.6. The molecule has 3 nitrogen and oxygen atoms in total. The SMILES string of the molecule is COc1cccc(C(CF)C(=O)C(CF)c2cccc(OC)c2)c1. The first-order valence-corrected chi connectivity index (χ1v) is 7.58. The third kappa shape index (κ3) is 3.91. The van der Waals surface area contributed by atoms with Gasteiger partial charge in [0.15, 0.2) is 5.78 Å². The molecule has 0 radical (unpaired) electrons. The zero-order chi connectivity index (χ0) is 17.5. The summed E-state index contributed by atoms with van der Waals surface area (Å²) in [7, 11) is 2.98. The van der Waals surface area contributed by atoms with Crippen molar-refractivity contribution in [3.05, 3.63) is 59.7 Å². The average molecular weight is 334 g/mol. The maximum atomic E-state index is 13.6. The van der Waals surface area contributed by atoms with Crippen LogP contribution in [0.5, 0.6) is 11.5 Å². The van der Waals surface area contributed by atoms with Gasteiger partial charge in [-0.1, -0.05) is 24.3 Å². The minimum atomic E-state index is -1.04. The van der Waals surface area contributed by atoms with Gasteiger partial charge in [-0.3, -0.25) is 4.79 Å². The van der Waals surface area contributed by atoms with Crippen molar-refractivity contribution in [2.24, 2.45) is 0 Å². The predicted octanol–water partition coefficient (Wildman–Crippen LogP) is 4.08. The molecule has 2 aromatic carbocycles. The van der Waals surface area contributed by atoms with Crippen molar-refractivity contribution < 1.29 is 23.0 Å². The number of carbonyl (C=O) groups excluding carboxylic acids is 1. The molecule has 0 fully saturated rings. The van der Waals surface area contributed by atoms with Crippen LogP contribution in [0.3, 0.4) is 0 Å². The van der Waals surface area contributed by atoms with E-state index in [2.05, 4.69) is 0 Å². The number of rotatable bonds is 8. The molecule has 0 saturated heterocycles. The Balaban J connectivity index is 2.33. The van der Waals surface area contributed by atoms with Gasteiger partial charge >= 0.3 is 0 Å². The fourth-order valence-corrected chi connectivity index (χ4v) is 2.62. The van der Waals surface area contributed by atoms with E-state index >= 15 is 0 Å². The van der Waals surface area contributed by atoms with Crippen molar-refractivity contribution in [3.63, 3.8) is 0 Å². The minimum Gasteiger partial charge on any atom is -0.497 e. The summed E-state index contributed by atoms with van der Waals surface area (Å²) in [5.41, 5.74) is 0.950. The highest BCUT2D eigenvalue weighted by Gasteiger charge is 2.30. The maximum Gasteiger partial charge on any atom is 0.153 e. The molecular weight excluding hydrogens is 314 g/mol. The van der Waals surface area contributed by atoms with Crippen molar-refractivity contribution in [3.8, 4) is 11.5 Å². The molecule has 5 heteroatoms. The fraction of sp³-hybridized carbons (Fsp3) is 0.316. The van der Waals surface area contributed by atoms with Crippen LogP contribution < -0.4 is 9.47 Å². The Morgan fingerprint density at radius 2 is 1.29 bits per heavy atom. The second-order valence-electron chi connectivity index (χ2n) is 5.37. The van der Waals surface area contributed by atoms with Crippen LogP contribution in [0.15, 0.2) is 48.5 Å². The van der Waals surface area contributed by atoms with Gasteiger partial charge in [0.25, 0.3) is 0 Å². The normalized spacial score (nSPS) is 13.2. The van der Waals surface area contributed by atoms with Gasteiger partial charge in [-0.05, 0) is 35.4 Å². The average Bonchev–Trinajstić information content (AvgIpc) is 2.63. The van der Waals surface area contributed by atoms with E-state index in [1.165, 1.54) is 14.2 Å². The Labute approximate surface area is 140 Å². The van der Waals surface area contributed by atoms with Gasteiger partial charge in [0.1, 0.15) is 24.8 Å². The largest absolute Gasteiger partial charge is 0.497 e. The molecule has 0 aliphatic heterocycles. The topological polar surface area (TPSA) is 35.5 Å². The summed E-state index contributed by atoms with van der Waals surface area (Å²) in [5.74, 6) is -1.52. The molecule has 2 aromatic rings. The van der Waals surface area contributed by atoms with E-state index in [4.69, 9.17) is 9.47 Å². The number of halogens is 2. The Morgan fingerprint density at radius 1 is 0.875 bits per heavy atom. The van der Waals surface area contributed by atoms with Gasteiger partial charge in [0.2, 0.25) is 0 Å². The number of benzene rings is 2. The lowest BCUT2D eigenvalue weighted by Crippen LogP contribution is -2.24. The summed E-state index contributed by atoms with van der Waals surface area (Å²) in [6, 6.07) is 13.3.